The number of halogens is 3. The van der Waals surface area contributed by atoms with Crippen LogP contribution < -0.4 is 0 Å². The average molecular weight is 321 g/mol. The molecule has 0 aliphatic rings. The molecule has 0 fully saturated rings. The second-order valence-corrected chi connectivity index (χ2v) is 5.32. The molecule has 0 atom stereocenters. The molecule has 3 aromatic rings. The summed E-state index contributed by atoms with van der Waals surface area (Å²) >= 11 is 0. The van der Waals surface area contributed by atoms with Gasteiger partial charge >= 0.3 is 6.18 Å². The molecule has 0 spiro atoms. The van der Waals surface area contributed by atoms with Crippen molar-refractivity contribution in [3.8, 4) is 5.69 Å². The lowest BCUT2D eigenvalue weighted by molar-refractivity contribution is -0.137. The van der Waals surface area contributed by atoms with Gasteiger partial charge in [-0.1, -0.05) is 0 Å². The summed E-state index contributed by atoms with van der Waals surface area (Å²) in [5.41, 5.74) is 2.35. The Labute approximate surface area is 130 Å². The maximum Gasteiger partial charge on any atom is 0.416 e. The first-order valence-electron chi connectivity index (χ1n) is 6.95. The summed E-state index contributed by atoms with van der Waals surface area (Å²) in [5, 5.41) is 14.6. The van der Waals surface area contributed by atoms with Gasteiger partial charge in [-0.3, -0.25) is 0 Å². The second kappa shape index (κ2) is 5.34. The summed E-state index contributed by atoms with van der Waals surface area (Å²) < 4.78 is 39.5. The second-order valence-electron chi connectivity index (χ2n) is 5.32. The van der Waals surface area contributed by atoms with Crippen LogP contribution in [0.2, 0.25) is 0 Å². The Morgan fingerprint density at radius 3 is 2.35 bits per heavy atom. The first-order chi connectivity index (χ1) is 10.8. The first kappa shape index (κ1) is 15.5. The van der Waals surface area contributed by atoms with E-state index in [0.29, 0.717) is 28.3 Å². The standard InChI is InChI=1S/C16H14F3N3O/c1-9-7-11(8-23)14-10(2)21-22(15(14)20-9)13-5-3-12(4-6-13)16(17,18)19/h3-7,23H,8H2,1-2H3. The van der Waals surface area contributed by atoms with Gasteiger partial charge in [-0.05, 0) is 49.7 Å². The smallest absolute Gasteiger partial charge is 0.392 e. The van der Waals surface area contributed by atoms with Crippen LogP contribution in [0.1, 0.15) is 22.5 Å². The number of aliphatic hydroxyl groups is 1. The number of rotatable bonds is 2. The topological polar surface area (TPSA) is 50.9 Å². The number of pyridine rings is 1. The highest BCUT2D eigenvalue weighted by Crippen LogP contribution is 2.30. The van der Waals surface area contributed by atoms with Gasteiger partial charge in [-0.25, -0.2) is 9.67 Å². The Bertz CT molecular complexity index is 867. The molecule has 0 radical (unpaired) electrons. The third-order valence-corrected chi connectivity index (χ3v) is 3.63. The van der Waals surface area contributed by atoms with Crippen LogP contribution in [-0.2, 0) is 12.8 Å². The SMILES string of the molecule is Cc1cc(CO)c2c(C)nn(-c3ccc(C(F)(F)F)cc3)c2n1. The highest BCUT2D eigenvalue weighted by molar-refractivity contribution is 5.83. The van der Waals surface area contributed by atoms with Crippen LogP contribution in [0.15, 0.2) is 30.3 Å². The first-order valence-corrected chi connectivity index (χ1v) is 6.95. The average Bonchev–Trinajstić information content (AvgIpc) is 2.82. The number of aryl methyl sites for hydroxylation is 2. The largest absolute Gasteiger partial charge is 0.416 e. The monoisotopic (exact) mass is 321 g/mol. The van der Waals surface area contributed by atoms with E-state index in [9.17, 15) is 18.3 Å². The summed E-state index contributed by atoms with van der Waals surface area (Å²) in [4.78, 5) is 4.42. The quantitative estimate of drug-likeness (QED) is 0.785. The summed E-state index contributed by atoms with van der Waals surface area (Å²) in [6, 6.07) is 6.52. The molecule has 3 rings (SSSR count). The van der Waals surface area contributed by atoms with Crippen molar-refractivity contribution in [1.82, 2.24) is 14.8 Å². The Hall–Kier alpha value is -2.41. The molecular weight excluding hydrogens is 307 g/mol. The summed E-state index contributed by atoms with van der Waals surface area (Å²) in [6.45, 7) is 3.41. The molecule has 0 aliphatic carbocycles. The fourth-order valence-corrected chi connectivity index (χ4v) is 2.61. The fraction of sp³-hybridized carbons (Fsp3) is 0.250. The molecule has 1 N–H and O–H groups in total. The molecule has 0 bridgehead atoms. The predicted molar refractivity (Wildman–Crippen MR) is 79.3 cm³/mol. The van der Waals surface area contributed by atoms with Crippen LogP contribution in [0.5, 0.6) is 0 Å². The minimum Gasteiger partial charge on any atom is -0.392 e. The lowest BCUT2D eigenvalue weighted by Gasteiger charge is -2.08. The zero-order chi connectivity index (χ0) is 16.8. The van der Waals surface area contributed by atoms with E-state index >= 15 is 0 Å². The van der Waals surface area contributed by atoms with Crippen molar-refractivity contribution >= 4 is 11.0 Å². The van der Waals surface area contributed by atoms with Gasteiger partial charge < -0.3 is 5.11 Å². The number of nitrogens with zero attached hydrogens (tertiary/aromatic N) is 3. The minimum atomic E-state index is -4.38. The van der Waals surface area contributed by atoms with Gasteiger partial charge in [0.25, 0.3) is 0 Å². The third kappa shape index (κ3) is 2.68. The lowest BCUT2D eigenvalue weighted by Crippen LogP contribution is -2.05. The Balaban J connectivity index is 2.19. The van der Waals surface area contributed by atoms with Crippen LogP contribution >= 0.6 is 0 Å². The van der Waals surface area contributed by atoms with Crippen molar-refractivity contribution in [1.29, 1.82) is 0 Å². The van der Waals surface area contributed by atoms with Gasteiger partial charge in [0.2, 0.25) is 0 Å². The molecule has 23 heavy (non-hydrogen) atoms. The fourth-order valence-electron chi connectivity index (χ4n) is 2.61. The predicted octanol–water partition coefficient (Wildman–Crippen LogP) is 3.55. The minimum absolute atomic E-state index is 0.153. The highest BCUT2D eigenvalue weighted by atomic mass is 19.4. The van der Waals surface area contributed by atoms with Crippen molar-refractivity contribution < 1.29 is 18.3 Å². The van der Waals surface area contributed by atoms with Crippen LogP contribution in [0, 0.1) is 13.8 Å². The van der Waals surface area contributed by atoms with E-state index in [1.54, 1.807) is 19.9 Å². The molecule has 7 heteroatoms. The Morgan fingerprint density at radius 2 is 1.78 bits per heavy atom. The van der Waals surface area contributed by atoms with E-state index in [4.69, 9.17) is 0 Å². The molecule has 0 aliphatic heterocycles. The zero-order valence-corrected chi connectivity index (χ0v) is 12.5. The number of benzene rings is 1. The van der Waals surface area contributed by atoms with Gasteiger partial charge in [0.05, 0.1) is 23.6 Å². The molecule has 0 amide bonds. The van der Waals surface area contributed by atoms with Gasteiger partial charge in [-0.15, -0.1) is 0 Å². The van der Waals surface area contributed by atoms with Gasteiger partial charge in [-0.2, -0.15) is 18.3 Å². The van der Waals surface area contributed by atoms with Gasteiger partial charge in [0.1, 0.15) is 0 Å². The number of aliphatic hydroxyl groups excluding tert-OH is 1. The number of hydrogen-bond acceptors (Lipinski definition) is 3. The lowest BCUT2D eigenvalue weighted by atomic mass is 10.1. The molecular formula is C16H14F3N3O. The summed E-state index contributed by atoms with van der Waals surface area (Å²) in [6.07, 6.45) is -4.38. The van der Waals surface area contributed by atoms with E-state index in [1.807, 2.05) is 0 Å². The van der Waals surface area contributed by atoms with Crippen LogP contribution in [0.3, 0.4) is 0 Å². The molecule has 4 nitrogen and oxygen atoms in total. The van der Waals surface area contributed by atoms with Gasteiger partial charge in [0.15, 0.2) is 5.65 Å². The highest BCUT2D eigenvalue weighted by Gasteiger charge is 2.30. The maximum atomic E-state index is 12.7. The molecule has 0 saturated heterocycles. The van der Waals surface area contributed by atoms with E-state index in [-0.39, 0.29) is 6.61 Å². The number of aromatic nitrogens is 3. The van der Waals surface area contributed by atoms with E-state index < -0.39 is 11.7 Å². The van der Waals surface area contributed by atoms with E-state index in [2.05, 4.69) is 10.1 Å². The zero-order valence-electron chi connectivity index (χ0n) is 12.5. The van der Waals surface area contributed by atoms with Crippen molar-refractivity contribution in [3.63, 3.8) is 0 Å². The maximum absolute atomic E-state index is 12.7. The van der Waals surface area contributed by atoms with Crippen LogP contribution in [-0.4, -0.2) is 19.9 Å². The summed E-state index contributed by atoms with van der Waals surface area (Å²) in [5.74, 6) is 0. The normalized spacial score (nSPS) is 12.1. The summed E-state index contributed by atoms with van der Waals surface area (Å²) in [7, 11) is 0. The number of fused-ring (bicyclic) bond motifs is 1. The molecule has 2 heterocycles. The molecule has 0 unspecified atom stereocenters. The molecule has 120 valence electrons. The van der Waals surface area contributed by atoms with Crippen LogP contribution in [0.4, 0.5) is 13.2 Å². The number of alkyl halides is 3. The Morgan fingerprint density at radius 1 is 1.13 bits per heavy atom. The molecule has 1 aromatic carbocycles. The van der Waals surface area contributed by atoms with Crippen molar-refractivity contribution in [2.45, 2.75) is 26.6 Å². The van der Waals surface area contributed by atoms with Crippen molar-refractivity contribution in [2.24, 2.45) is 0 Å². The van der Waals surface area contributed by atoms with Gasteiger partial charge in [0, 0.05) is 11.1 Å². The number of hydrogen-bond donors (Lipinski definition) is 1. The Kier molecular flexibility index (Phi) is 3.60. The van der Waals surface area contributed by atoms with Crippen molar-refractivity contribution in [2.75, 3.05) is 0 Å². The third-order valence-electron chi connectivity index (χ3n) is 3.63. The van der Waals surface area contributed by atoms with Crippen molar-refractivity contribution in [3.05, 3.63) is 52.8 Å². The van der Waals surface area contributed by atoms with E-state index in [0.717, 1.165) is 17.5 Å². The molecule has 0 saturated carbocycles. The molecule has 2 aromatic heterocycles. The van der Waals surface area contributed by atoms with E-state index in [1.165, 1.54) is 16.8 Å². The van der Waals surface area contributed by atoms with Crippen LogP contribution in [0.25, 0.3) is 16.7 Å².